The van der Waals surface area contributed by atoms with E-state index >= 15 is 0 Å². The van der Waals surface area contributed by atoms with Crippen molar-refractivity contribution in [2.45, 2.75) is 18.4 Å². The van der Waals surface area contributed by atoms with E-state index < -0.39 is 5.41 Å². The average molecular weight is 352 g/mol. The predicted octanol–water partition coefficient (Wildman–Crippen LogP) is 3.63. The second-order valence-electron chi connectivity index (χ2n) is 5.02. The van der Waals surface area contributed by atoms with Crippen molar-refractivity contribution in [1.29, 1.82) is 0 Å². The number of halogens is 2. The van der Waals surface area contributed by atoms with Gasteiger partial charge in [0.2, 0.25) is 5.91 Å². The molecule has 2 atom stereocenters. The molecule has 1 amide bonds. The van der Waals surface area contributed by atoms with Crippen molar-refractivity contribution < 1.29 is 4.79 Å². The van der Waals surface area contributed by atoms with E-state index in [1.54, 1.807) is 18.3 Å². The number of aromatic nitrogens is 1. The third kappa shape index (κ3) is 2.03. The Hall–Kier alpha value is -1.39. The summed E-state index contributed by atoms with van der Waals surface area (Å²) in [5, 5.41) is 3.59. The molecule has 3 rings (SSSR count). The molecule has 20 heavy (non-hydrogen) atoms. The lowest BCUT2D eigenvalue weighted by molar-refractivity contribution is -0.137. The molecule has 0 aliphatic carbocycles. The van der Waals surface area contributed by atoms with Crippen LogP contribution in [0.2, 0.25) is 5.02 Å². The molecule has 0 radical (unpaired) electrons. The van der Waals surface area contributed by atoms with Gasteiger partial charge in [-0.25, -0.2) is 0 Å². The second kappa shape index (κ2) is 4.86. The van der Waals surface area contributed by atoms with Crippen molar-refractivity contribution in [3.8, 4) is 0 Å². The van der Waals surface area contributed by atoms with Crippen LogP contribution in [-0.4, -0.2) is 10.9 Å². The number of nitrogens with zero attached hydrogens (tertiary/aromatic N) is 1. The number of amides is 1. The number of carbonyl (C=O) groups excluding carboxylic acids is 1. The number of benzene rings is 1. The summed E-state index contributed by atoms with van der Waals surface area (Å²) in [6.45, 7) is 1.93. The Morgan fingerprint density at radius 3 is 2.50 bits per heavy atom. The summed E-state index contributed by atoms with van der Waals surface area (Å²) in [5.74, 6) is 0.00883. The van der Waals surface area contributed by atoms with Crippen LogP contribution in [0.1, 0.15) is 24.2 Å². The lowest BCUT2D eigenvalue weighted by atomic mass is 9.68. The first-order chi connectivity index (χ1) is 9.51. The molecule has 5 heteroatoms. The summed E-state index contributed by atoms with van der Waals surface area (Å²) >= 11 is 9.28. The van der Waals surface area contributed by atoms with Gasteiger partial charge in [0.15, 0.2) is 0 Å². The van der Waals surface area contributed by atoms with Crippen LogP contribution in [0.4, 0.5) is 0 Å². The maximum Gasteiger partial charge on any atom is 0.233 e. The first-order valence-corrected chi connectivity index (χ1v) is 7.37. The van der Waals surface area contributed by atoms with Crippen LogP contribution in [0, 0.1) is 0 Å². The zero-order valence-electron chi connectivity index (χ0n) is 10.7. The molecule has 2 unspecified atom stereocenters. The van der Waals surface area contributed by atoms with Gasteiger partial charge in [-0.05, 0) is 52.7 Å². The van der Waals surface area contributed by atoms with Crippen LogP contribution in [0.5, 0.6) is 0 Å². The SMILES string of the molecule is CC1(c2ccc(Cl)cc2)C(=O)NC1c1ccc(Br)cn1. The molecule has 102 valence electrons. The number of hydrogen-bond donors (Lipinski definition) is 1. The number of nitrogens with one attached hydrogen (secondary N) is 1. The highest BCUT2D eigenvalue weighted by molar-refractivity contribution is 9.10. The Balaban J connectivity index is 1.99. The van der Waals surface area contributed by atoms with Crippen LogP contribution in [-0.2, 0) is 10.2 Å². The van der Waals surface area contributed by atoms with Gasteiger partial charge < -0.3 is 5.32 Å². The van der Waals surface area contributed by atoms with E-state index in [2.05, 4.69) is 26.2 Å². The molecule has 0 spiro atoms. The third-order valence-electron chi connectivity index (χ3n) is 3.81. The Morgan fingerprint density at radius 1 is 1.25 bits per heavy atom. The fourth-order valence-electron chi connectivity index (χ4n) is 2.50. The van der Waals surface area contributed by atoms with Gasteiger partial charge in [0, 0.05) is 15.7 Å². The van der Waals surface area contributed by atoms with Crippen LogP contribution in [0.25, 0.3) is 0 Å². The molecule has 1 saturated heterocycles. The van der Waals surface area contributed by atoms with E-state index in [0.29, 0.717) is 5.02 Å². The number of rotatable bonds is 2. The number of hydrogen-bond acceptors (Lipinski definition) is 2. The minimum atomic E-state index is -0.606. The summed E-state index contributed by atoms with van der Waals surface area (Å²) < 4.78 is 0.917. The lowest BCUT2D eigenvalue weighted by Crippen LogP contribution is -2.62. The van der Waals surface area contributed by atoms with Crippen molar-refractivity contribution in [2.24, 2.45) is 0 Å². The topological polar surface area (TPSA) is 42.0 Å². The van der Waals surface area contributed by atoms with E-state index in [0.717, 1.165) is 15.7 Å². The van der Waals surface area contributed by atoms with Gasteiger partial charge >= 0.3 is 0 Å². The van der Waals surface area contributed by atoms with E-state index in [1.807, 2.05) is 31.2 Å². The van der Waals surface area contributed by atoms with Crippen molar-refractivity contribution >= 4 is 33.4 Å². The highest BCUT2D eigenvalue weighted by Gasteiger charge is 2.53. The first-order valence-electron chi connectivity index (χ1n) is 6.20. The van der Waals surface area contributed by atoms with Crippen molar-refractivity contribution in [2.75, 3.05) is 0 Å². The minimum absolute atomic E-state index is 0.00883. The molecule has 2 heterocycles. The lowest BCUT2D eigenvalue weighted by Gasteiger charge is -2.46. The van der Waals surface area contributed by atoms with Crippen LogP contribution < -0.4 is 5.32 Å². The van der Waals surface area contributed by atoms with Gasteiger partial charge in [-0.15, -0.1) is 0 Å². The minimum Gasteiger partial charge on any atom is -0.345 e. The molecule has 1 aliphatic heterocycles. The molecule has 1 N–H and O–H groups in total. The van der Waals surface area contributed by atoms with Gasteiger partial charge in [0.05, 0.1) is 17.2 Å². The molecular formula is C15H12BrClN2O. The Labute approximate surface area is 130 Å². The fourth-order valence-corrected chi connectivity index (χ4v) is 2.86. The molecule has 0 saturated carbocycles. The van der Waals surface area contributed by atoms with Crippen molar-refractivity contribution in [3.05, 3.63) is 63.3 Å². The van der Waals surface area contributed by atoms with E-state index in [4.69, 9.17) is 11.6 Å². The van der Waals surface area contributed by atoms with Gasteiger partial charge in [0.1, 0.15) is 0 Å². The van der Waals surface area contributed by atoms with E-state index in [-0.39, 0.29) is 11.9 Å². The fraction of sp³-hybridized carbons (Fsp3) is 0.200. The first kappa shape index (κ1) is 13.6. The zero-order valence-corrected chi connectivity index (χ0v) is 13.1. The summed E-state index contributed by atoms with van der Waals surface area (Å²) in [6, 6.07) is 11.1. The predicted molar refractivity (Wildman–Crippen MR) is 81.6 cm³/mol. The largest absolute Gasteiger partial charge is 0.345 e. The standard InChI is InChI=1S/C15H12BrClN2O/c1-15(9-2-5-11(17)6-3-9)13(19-14(15)20)12-7-4-10(16)8-18-12/h2-8,13H,1H3,(H,19,20). The maximum absolute atomic E-state index is 12.1. The number of β-lactam (4-membered cyclic amide) rings is 1. The zero-order chi connectivity index (χ0) is 14.3. The molecule has 2 aromatic rings. The number of pyridine rings is 1. The Morgan fingerprint density at radius 2 is 1.95 bits per heavy atom. The highest BCUT2D eigenvalue weighted by Crippen LogP contribution is 2.44. The smallest absolute Gasteiger partial charge is 0.233 e. The number of carbonyl (C=O) groups is 1. The van der Waals surface area contributed by atoms with Gasteiger partial charge in [-0.2, -0.15) is 0 Å². The van der Waals surface area contributed by atoms with Gasteiger partial charge in [-0.1, -0.05) is 23.7 Å². The van der Waals surface area contributed by atoms with Gasteiger partial charge in [0.25, 0.3) is 0 Å². The van der Waals surface area contributed by atoms with Gasteiger partial charge in [-0.3, -0.25) is 9.78 Å². The van der Waals surface area contributed by atoms with Crippen molar-refractivity contribution in [1.82, 2.24) is 10.3 Å². The molecule has 1 aromatic heterocycles. The maximum atomic E-state index is 12.1. The van der Waals surface area contributed by atoms with Crippen LogP contribution in [0.15, 0.2) is 47.1 Å². The molecular weight excluding hydrogens is 340 g/mol. The summed E-state index contributed by atoms with van der Waals surface area (Å²) in [5.41, 5.74) is 1.19. The molecule has 1 aromatic carbocycles. The van der Waals surface area contributed by atoms with Crippen LogP contribution >= 0.6 is 27.5 Å². The normalized spacial score (nSPS) is 24.9. The molecule has 0 bridgehead atoms. The Kier molecular flexibility index (Phi) is 3.30. The monoisotopic (exact) mass is 350 g/mol. The van der Waals surface area contributed by atoms with E-state index in [9.17, 15) is 4.79 Å². The summed E-state index contributed by atoms with van der Waals surface area (Å²) in [6.07, 6.45) is 1.74. The average Bonchev–Trinajstić information content (AvgIpc) is 2.46. The third-order valence-corrected chi connectivity index (χ3v) is 4.54. The highest BCUT2D eigenvalue weighted by atomic mass is 79.9. The summed E-state index contributed by atoms with van der Waals surface area (Å²) in [7, 11) is 0. The van der Waals surface area contributed by atoms with E-state index in [1.165, 1.54) is 0 Å². The summed E-state index contributed by atoms with van der Waals surface area (Å²) in [4.78, 5) is 16.5. The Bertz CT molecular complexity index is 657. The molecule has 1 fully saturated rings. The second-order valence-corrected chi connectivity index (χ2v) is 6.37. The quantitative estimate of drug-likeness (QED) is 0.840. The molecule has 1 aliphatic rings. The van der Waals surface area contributed by atoms with Crippen molar-refractivity contribution in [3.63, 3.8) is 0 Å². The molecule has 3 nitrogen and oxygen atoms in total. The van der Waals surface area contributed by atoms with Crippen LogP contribution in [0.3, 0.4) is 0 Å².